The summed E-state index contributed by atoms with van der Waals surface area (Å²) in [7, 11) is 0. The molecule has 0 saturated heterocycles. The van der Waals surface area contributed by atoms with E-state index in [9.17, 15) is 0 Å². The van der Waals surface area contributed by atoms with Crippen LogP contribution in [0, 0.1) is 0 Å². The number of hydrogen-bond donors (Lipinski definition) is 0. The second kappa shape index (κ2) is 7.68. The van der Waals surface area contributed by atoms with Gasteiger partial charge in [-0.1, -0.05) is 0 Å². The van der Waals surface area contributed by atoms with Gasteiger partial charge in [-0.3, -0.25) is 0 Å². The molecule has 0 fully saturated rings. The Morgan fingerprint density at radius 1 is 0.542 bits per heavy atom. The topological polar surface area (TPSA) is 12.9 Å². The molecular weight excluding hydrogens is 424 g/mol. The van der Waals surface area contributed by atoms with Gasteiger partial charge in [-0.2, -0.15) is 0 Å². The van der Waals surface area contributed by atoms with E-state index >= 15 is 0 Å². The number of pyridine rings is 1. The number of benzene rings is 2. The van der Waals surface area contributed by atoms with Crippen molar-refractivity contribution in [2.75, 3.05) is 0 Å². The molecule has 0 unspecified atom stereocenters. The van der Waals surface area contributed by atoms with Crippen LogP contribution in [0.2, 0.25) is 0 Å². The first kappa shape index (κ1) is 16.1. The van der Waals surface area contributed by atoms with Gasteiger partial charge in [0, 0.05) is 0 Å². The first-order valence-electron chi connectivity index (χ1n) is 8.16. The van der Waals surface area contributed by atoms with Crippen molar-refractivity contribution in [1.82, 2.24) is 4.98 Å². The van der Waals surface area contributed by atoms with Gasteiger partial charge in [0.05, 0.1) is 0 Å². The zero-order valence-electron chi connectivity index (χ0n) is 13.4. The Morgan fingerprint density at radius 3 is 1.58 bits per heavy atom. The molecule has 2 heterocycles. The maximum absolute atomic E-state index is 4.88. The van der Waals surface area contributed by atoms with Crippen molar-refractivity contribution in [2.24, 2.45) is 0 Å². The van der Waals surface area contributed by atoms with E-state index in [2.05, 4.69) is 66.7 Å². The van der Waals surface area contributed by atoms with E-state index in [1.54, 1.807) is 0 Å². The molecule has 0 radical (unpaired) electrons. The Balaban J connectivity index is 1.75. The minimum absolute atomic E-state index is 0.551. The van der Waals surface area contributed by atoms with E-state index in [0.717, 1.165) is 10.6 Å². The van der Waals surface area contributed by atoms with E-state index in [1.165, 1.54) is 44.3 Å². The third-order valence-electron chi connectivity index (χ3n) is 4.20. The number of nitrogens with zero attached hydrogens (tertiary/aromatic N) is 1. The molecule has 0 aliphatic carbocycles. The fraction of sp³-hybridized carbons (Fsp3) is 0.190. The Bertz CT molecular complexity index is 778. The average Bonchev–Trinajstić information content (AvgIpc) is 2.63. The van der Waals surface area contributed by atoms with Crippen LogP contribution in [0.3, 0.4) is 0 Å². The van der Waals surface area contributed by atoms with Crippen LogP contribution in [0.4, 0.5) is 0 Å². The van der Waals surface area contributed by atoms with Gasteiger partial charge in [0.2, 0.25) is 0 Å². The van der Waals surface area contributed by atoms with Gasteiger partial charge >= 0.3 is 157 Å². The van der Waals surface area contributed by atoms with Crippen molar-refractivity contribution in [2.45, 2.75) is 21.3 Å². The van der Waals surface area contributed by atoms with Crippen LogP contribution in [0.1, 0.15) is 22.5 Å². The second-order valence-electron chi connectivity index (χ2n) is 5.92. The van der Waals surface area contributed by atoms with Crippen molar-refractivity contribution in [1.29, 1.82) is 0 Å². The molecule has 0 atom stereocenters. The summed E-state index contributed by atoms with van der Waals surface area (Å²) >= 11 is 1.10. The van der Waals surface area contributed by atoms with Crippen LogP contribution in [0.5, 0.6) is 0 Å². The quantitative estimate of drug-likeness (QED) is 0.481. The van der Waals surface area contributed by atoms with E-state index in [-0.39, 0.29) is 0 Å². The summed E-state index contributed by atoms with van der Waals surface area (Å²) in [5.41, 5.74) is 8.41. The molecule has 0 amide bonds. The predicted molar refractivity (Wildman–Crippen MR) is 102 cm³/mol. The molecule has 120 valence electrons. The summed E-state index contributed by atoms with van der Waals surface area (Å²) in [4.78, 5) is 4.88. The van der Waals surface area contributed by atoms with Gasteiger partial charge in [0.25, 0.3) is 0 Å². The van der Waals surface area contributed by atoms with Crippen molar-refractivity contribution in [3.8, 4) is 11.1 Å². The fourth-order valence-corrected chi connectivity index (χ4v) is 7.00. The Hall–Kier alpha value is -1.37. The van der Waals surface area contributed by atoms with Crippen LogP contribution < -0.4 is 0 Å². The summed E-state index contributed by atoms with van der Waals surface area (Å²) in [6, 6.07) is 24.5. The SMILES string of the molecule is c1cc2nc(c1)C[Se]Cc1ccccc1-c1ccccc1C[Se]C2. The van der Waals surface area contributed by atoms with Crippen LogP contribution in [-0.2, 0) is 21.3 Å². The molecule has 0 spiro atoms. The van der Waals surface area contributed by atoms with Gasteiger partial charge in [0.1, 0.15) is 0 Å². The third kappa shape index (κ3) is 3.66. The zero-order valence-corrected chi connectivity index (χ0v) is 16.9. The molecule has 1 aliphatic heterocycles. The Labute approximate surface area is 156 Å². The minimum atomic E-state index is 0.551. The first-order valence-corrected chi connectivity index (χ1v) is 13.0. The summed E-state index contributed by atoms with van der Waals surface area (Å²) < 4.78 is 0. The summed E-state index contributed by atoms with van der Waals surface area (Å²) in [5, 5.41) is 4.61. The summed E-state index contributed by atoms with van der Waals surface area (Å²) in [6.45, 7) is 0. The molecule has 0 saturated carbocycles. The van der Waals surface area contributed by atoms with Crippen LogP contribution in [-0.4, -0.2) is 34.9 Å². The van der Waals surface area contributed by atoms with Crippen LogP contribution in [0.25, 0.3) is 11.1 Å². The van der Waals surface area contributed by atoms with Crippen molar-refractivity contribution in [3.63, 3.8) is 0 Å². The molecule has 0 N–H and O–H groups in total. The monoisotopic (exact) mass is 445 g/mol. The van der Waals surface area contributed by atoms with Crippen molar-refractivity contribution < 1.29 is 0 Å². The number of fused-ring (bicyclic) bond motifs is 5. The van der Waals surface area contributed by atoms with Crippen LogP contribution >= 0.6 is 0 Å². The van der Waals surface area contributed by atoms with E-state index in [4.69, 9.17) is 4.98 Å². The Kier molecular flexibility index (Phi) is 5.15. The number of rotatable bonds is 0. The average molecular weight is 443 g/mol. The van der Waals surface area contributed by atoms with Crippen molar-refractivity contribution in [3.05, 3.63) is 89.2 Å². The molecule has 24 heavy (non-hydrogen) atoms. The van der Waals surface area contributed by atoms with Crippen molar-refractivity contribution >= 4 is 29.9 Å². The van der Waals surface area contributed by atoms with Gasteiger partial charge in [0.15, 0.2) is 0 Å². The van der Waals surface area contributed by atoms with E-state index in [1.807, 2.05) is 0 Å². The fourth-order valence-electron chi connectivity index (χ4n) is 3.04. The Morgan fingerprint density at radius 2 is 1.04 bits per heavy atom. The summed E-state index contributed by atoms with van der Waals surface area (Å²) in [5.74, 6) is 0. The molecule has 2 aromatic carbocycles. The molecule has 1 aromatic heterocycles. The maximum atomic E-state index is 4.88. The van der Waals surface area contributed by atoms with E-state index in [0.29, 0.717) is 29.9 Å². The molecule has 4 rings (SSSR count). The normalized spacial score (nSPS) is 14.5. The molecule has 3 aromatic rings. The van der Waals surface area contributed by atoms with E-state index < -0.39 is 0 Å². The standard InChI is InChI=1S/C21H19NSe2/c1-3-10-20-16(6-1)12-23-14-18-8-5-9-19(22-18)15-24-13-17-7-2-4-11-21(17)20/h1-11H,12-15H2. The molecule has 2 bridgehead atoms. The third-order valence-corrected chi connectivity index (χ3v) is 8.46. The molecular formula is C21H19NSe2. The second-order valence-corrected chi connectivity index (χ2v) is 10.1. The van der Waals surface area contributed by atoms with Crippen LogP contribution in [0.15, 0.2) is 66.7 Å². The number of hydrogen-bond acceptors (Lipinski definition) is 1. The summed E-state index contributed by atoms with van der Waals surface area (Å²) in [6.07, 6.45) is 0. The van der Waals surface area contributed by atoms with Gasteiger partial charge in [-0.25, -0.2) is 0 Å². The predicted octanol–water partition coefficient (Wildman–Crippen LogP) is 3.87. The zero-order chi connectivity index (χ0) is 16.2. The molecule has 1 aliphatic rings. The van der Waals surface area contributed by atoms with Gasteiger partial charge in [-0.05, 0) is 0 Å². The molecule has 3 heteroatoms. The molecule has 1 nitrogen and oxygen atoms in total. The van der Waals surface area contributed by atoms with Gasteiger partial charge < -0.3 is 0 Å². The van der Waals surface area contributed by atoms with Gasteiger partial charge in [-0.15, -0.1) is 0 Å². The first-order chi connectivity index (χ1) is 11.9. The number of aromatic nitrogens is 1.